The van der Waals surface area contributed by atoms with Crippen LogP contribution in [0.1, 0.15) is 18.4 Å². The number of nitrogens with zero attached hydrogens (tertiary/aromatic N) is 1. The van der Waals surface area contributed by atoms with Crippen molar-refractivity contribution in [2.75, 3.05) is 6.54 Å². The van der Waals surface area contributed by atoms with E-state index in [9.17, 15) is 17.6 Å². The summed E-state index contributed by atoms with van der Waals surface area (Å²) >= 11 is 0. The molecule has 1 saturated carbocycles. The van der Waals surface area contributed by atoms with Gasteiger partial charge in [-0.15, -0.1) is 0 Å². The number of carboxylic acid groups (broad SMARTS) is 1. The highest BCUT2D eigenvalue weighted by atomic mass is 32.2. The van der Waals surface area contributed by atoms with Crippen molar-refractivity contribution < 1.29 is 22.7 Å². The van der Waals surface area contributed by atoms with Crippen LogP contribution in [0.15, 0.2) is 23.1 Å². The Morgan fingerprint density at radius 1 is 1.47 bits per heavy atom. The molecule has 0 saturated heterocycles. The quantitative estimate of drug-likeness (QED) is 0.887. The molecule has 1 fully saturated rings. The molecule has 1 aliphatic rings. The Morgan fingerprint density at radius 3 is 2.58 bits per heavy atom. The Morgan fingerprint density at radius 2 is 2.11 bits per heavy atom. The standard InChI is InChI=1S/C12H14FNO4S/c1-8-6-9(13)2-5-11(8)19(17,18)14(7-12(15)16)10-3-4-10/h2,5-6,10H,3-4,7H2,1H3,(H,15,16). The van der Waals surface area contributed by atoms with Gasteiger partial charge in [0.2, 0.25) is 10.0 Å². The first kappa shape index (κ1) is 14.0. The van der Waals surface area contributed by atoms with Crippen LogP contribution in [0, 0.1) is 12.7 Å². The molecule has 1 aromatic carbocycles. The zero-order valence-corrected chi connectivity index (χ0v) is 11.2. The molecule has 0 spiro atoms. The maximum Gasteiger partial charge on any atom is 0.318 e. The zero-order chi connectivity index (χ0) is 14.2. The molecule has 7 heteroatoms. The number of rotatable bonds is 5. The predicted octanol–water partition coefficient (Wildman–Crippen LogP) is 1.37. The van der Waals surface area contributed by atoms with Crippen LogP contribution >= 0.6 is 0 Å². The summed E-state index contributed by atoms with van der Waals surface area (Å²) in [5, 5.41) is 8.82. The van der Waals surface area contributed by atoms with Crippen LogP contribution in [-0.4, -0.2) is 36.4 Å². The van der Waals surface area contributed by atoms with Gasteiger partial charge in [-0.25, -0.2) is 12.8 Å². The molecule has 0 aliphatic heterocycles. The van der Waals surface area contributed by atoms with E-state index in [0.29, 0.717) is 12.8 Å². The van der Waals surface area contributed by atoms with E-state index in [-0.39, 0.29) is 16.5 Å². The van der Waals surface area contributed by atoms with E-state index in [4.69, 9.17) is 5.11 Å². The van der Waals surface area contributed by atoms with E-state index in [2.05, 4.69) is 0 Å². The van der Waals surface area contributed by atoms with Gasteiger partial charge in [0.05, 0.1) is 4.90 Å². The third-order valence-corrected chi connectivity index (χ3v) is 5.03. The van der Waals surface area contributed by atoms with Crippen LogP contribution in [0.5, 0.6) is 0 Å². The number of hydrogen-bond donors (Lipinski definition) is 1. The monoisotopic (exact) mass is 287 g/mol. The first-order valence-electron chi connectivity index (χ1n) is 5.82. The van der Waals surface area contributed by atoms with Gasteiger partial charge in [0.25, 0.3) is 0 Å². The summed E-state index contributed by atoms with van der Waals surface area (Å²) in [6, 6.07) is 3.10. The fraction of sp³-hybridized carbons (Fsp3) is 0.417. The van der Waals surface area contributed by atoms with Gasteiger partial charge in [-0.2, -0.15) is 4.31 Å². The summed E-state index contributed by atoms with van der Waals surface area (Å²) < 4.78 is 38.8. The summed E-state index contributed by atoms with van der Waals surface area (Å²) in [4.78, 5) is 10.8. The molecule has 0 bridgehead atoms. The average Bonchev–Trinajstić information content (AvgIpc) is 3.08. The van der Waals surface area contributed by atoms with Crippen LogP contribution in [0.4, 0.5) is 4.39 Å². The molecule has 1 aliphatic carbocycles. The molecular weight excluding hydrogens is 273 g/mol. The Kier molecular flexibility index (Phi) is 3.60. The fourth-order valence-electron chi connectivity index (χ4n) is 1.93. The SMILES string of the molecule is Cc1cc(F)ccc1S(=O)(=O)N(CC(=O)O)C1CC1. The minimum atomic E-state index is -3.89. The van der Waals surface area contributed by atoms with Gasteiger partial charge >= 0.3 is 5.97 Å². The third-order valence-electron chi connectivity index (χ3n) is 2.97. The van der Waals surface area contributed by atoms with Crippen molar-refractivity contribution in [2.45, 2.75) is 30.7 Å². The zero-order valence-electron chi connectivity index (χ0n) is 10.3. The van der Waals surface area contributed by atoms with E-state index in [1.165, 1.54) is 13.0 Å². The highest BCUT2D eigenvalue weighted by molar-refractivity contribution is 7.89. The van der Waals surface area contributed by atoms with E-state index in [1.807, 2.05) is 0 Å². The van der Waals surface area contributed by atoms with Crippen molar-refractivity contribution >= 4 is 16.0 Å². The van der Waals surface area contributed by atoms with Crippen molar-refractivity contribution in [3.05, 3.63) is 29.6 Å². The lowest BCUT2D eigenvalue weighted by Gasteiger charge is -2.20. The number of halogens is 1. The third kappa shape index (κ3) is 2.93. The number of carboxylic acids is 1. The molecule has 0 heterocycles. The second-order valence-corrected chi connectivity index (χ2v) is 6.44. The molecule has 5 nitrogen and oxygen atoms in total. The minimum Gasteiger partial charge on any atom is -0.480 e. The predicted molar refractivity (Wildman–Crippen MR) is 65.7 cm³/mol. The van der Waals surface area contributed by atoms with E-state index in [1.54, 1.807) is 0 Å². The fourth-order valence-corrected chi connectivity index (χ4v) is 3.78. The number of aliphatic carboxylic acids is 1. The molecule has 0 radical (unpaired) electrons. The summed E-state index contributed by atoms with van der Waals surface area (Å²) in [6.45, 7) is 0.922. The Hall–Kier alpha value is -1.47. The van der Waals surface area contributed by atoms with Crippen LogP contribution in [0.25, 0.3) is 0 Å². The minimum absolute atomic E-state index is 0.0398. The second-order valence-electron chi connectivity index (χ2n) is 4.58. The first-order valence-corrected chi connectivity index (χ1v) is 7.26. The number of aryl methyl sites for hydroxylation is 1. The number of benzene rings is 1. The topological polar surface area (TPSA) is 74.7 Å². The van der Waals surface area contributed by atoms with E-state index >= 15 is 0 Å². The Balaban J connectivity index is 2.41. The molecule has 2 rings (SSSR count). The maximum absolute atomic E-state index is 13.0. The average molecular weight is 287 g/mol. The summed E-state index contributed by atoms with van der Waals surface area (Å²) in [5.41, 5.74) is 0.274. The normalized spacial score (nSPS) is 15.7. The molecular formula is C12H14FNO4S. The molecule has 0 atom stereocenters. The highest BCUT2D eigenvalue weighted by Gasteiger charge is 2.39. The van der Waals surface area contributed by atoms with Gasteiger partial charge < -0.3 is 5.11 Å². The number of carbonyl (C=O) groups is 1. The number of hydrogen-bond acceptors (Lipinski definition) is 3. The lowest BCUT2D eigenvalue weighted by Crippen LogP contribution is -2.37. The lowest BCUT2D eigenvalue weighted by atomic mass is 10.2. The van der Waals surface area contributed by atoms with Gasteiger partial charge in [0.1, 0.15) is 12.4 Å². The van der Waals surface area contributed by atoms with Gasteiger partial charge in [0.15, 0.2) is 0 Å². The molecule has 0 amide bonds. The van der Waals surface area contributed by atoms with Crippen molar-refractivity contribution in [1.29, 1.82) is 0 Å². The molecule has 0 unspecified atom stereocenters. The molecule has 1 aromatic rings. The van der Waals surface area contributed by atoms with Gasteiger partial charge in [-0.05, 0) is 43.5 Å². The molecule has 104 valence electrons. The van der Waals surface area contributed by atoms with Crippen molar-refractivity contribution in [1.82, 2.24) is 4.31 Å². The summed E-state index contributed by atoms with van der Waals surface area (Å²) in [6.07, 6.45) is 1.32. The van der Waals surface area contributed by atoms with Gasteiger partial charge in [-0.3, -0.25) is 4.79 Å². The van der Waals surface area contributed by atoms with Crippen LogP contribution in [0.3, 0.4) is 0 Å². The van der Waals surface area contributed by atoms with Crippen LogP contribution in [-0.2, 0) is 14.8 Å². The molecule has 19 heavy (non-hydrogen) atoms. The lowest BCUT2D eigenvalue weighted by molar-refractivity contribution is -0.137. The Bertz CT molecular complexity index is 610. The number of sulfonamides is 1. The highest BCUT2D eigenvalue weighted by Crippen LogP contribution is 2.32. The maximum atomic E-state index is 13.0. The van der Waals surface area contributed by atoms with Gasteiger partial charge in [0, 0.05) is 6.04 Å². The molecule has 0 aromatic heterocycles. The second kappa shape index (κ2) is 4.90. The van der Waals surface area contributed by atoms with Crippen molar-refractivity contribution in [3.63, 3.8) is 0 Å². The van der Waals surface area contributed by atoms with Crippen LogP contribution < -0.4 is 0 Å². The van der Waals surface area contributed by atoms with E-state index in [0.717, 1.165) is 16.4 Å². The molecule has 1 N–H and O–H groups in total. The van der Waals surface area contributed by atoms with Crippen molar-refractivity contribution in [2.24, 2.45) is 0 Å². The Labute approximate surface area is 110 Å². The van der Waals surface area contributed by atoms with Gasteiger partial charge in [-0.1, -0.05) is 0 Å². The van der Waals surface area contributed by atoms with Crippen molar-refractivity contribution in [3.8, 4) is 0 Å². The largest absolute Gasteiger partial charge is 0.480 e. The summed E-state index contributed by atoms with van der Waals surface area (Å²) in [5.74, 6) is -1.72. The smallest absolute Gasteiger partial charge is 0.318 e. The van der Waals surface area contributed by atoms with Crippen LogP contribution in [0.2, 0.25) is 0 Å². The first-order chi connectivity index (χ1) is 8.82. The summed E-state index contributed by atoms with van der Waals surface area (Å²) in [7, 11) is -3.89. The van der Waals surface area contributed by atoms with E-state index < -0.39 is 28.4 Å².